The maximum atomic E-state index is 14.5. The van der Waals surface area contributed by atoms with Crippen molar-refractivity contribution in [3.05, 3.63) is 124 Å². The van der Waals surface area contributed by atoms with Gasteiger partial charge < -0.3 is 108 Å². The minimum absolute atomic E-state index is 0.00285. The van der Waals surface area contributed by atoms with Crippen LogP contribution in [0.5, 0.6) is 28.7 Å². The number of aryl methyl sites for hydroxylation is 1. The quantitative estimate of drug-likeness (QED) is 0.0224. The highest BCUT2D eigenvalue weighted by Crippen LogP contribution is 2.44. The third kappa shape index (κ3) is 16.2. The van der Waals surface area contributed by atoms with Crippen LogP contribution in [0.15, 0.2) is 85.0 Å². The first-order valence-corrected chi connectivity index (χ1v) is 32.9. The number of nitrogens with zero attached hydrogens (tertiary/aromatic N) is 4. The van der Waals surface area contributed by atoms with E-state index in [1.807, 2.05) is 0 Å². The molecule has 2 unspecified atom stereocenters. The fourth-order valence-corrected chi connectivity index (χ4v) is 12.9. The average Bonchev–Trinajstić information content (AvgIpc) is 1.59. The van der Waals surface area contributed by atoms with Gasteiger partial charge in [-0.25, -0.2) is 19.4 Å². The minimum Gasteiger partial charge on any atom is -0.493 e. The molecule has 0 aromatic heterocycles. The van der Waals surface area contributed by atoms with Gasteiger partial charge in [-0.3, -0.25) is 19.2 Å². The smallest absolute Gasteiger partial charge is 0.416 e. The van der Waals surface area contributed by atoms with Gasteiger partial charge in [-0.15, -0.1) is 0 Å². The lowest BCUT2D eigenvalue weighted by Crippen LogP contribution is -2.60. The highest BCUT2D eigenvalue weighted by atomic mass is 16.7. The normalized spacial score (nSPS) is 25.7. The van der Waals surface area contributed by atoms with Gasteiger partial charge in [-0.1, -0.05) is 36.4 Å². The molecule has 4 aromatic carbocycles. The number of amides is 4. The number of ketones is 2. The summed E-state index contributed by atoms with van der Waals surface area (Å²) in [4.78, 5) is 89.9. The standard InChI is InChI=1S/C70H86N4O26/c1-36-22-47-65(86)73(69(88)96-34-40-15-17-53(44(26-40)50(77)13-11-19-91-5)99-68-62(83)60(81)59(80)57(32-75)100-68)45-28-54(38(3)24-41(45)63(84)71(47)30-36)93-20-8-7-9-21-94-56-29-46-42(27-55(56)92-6)64(85)72-31-37(2)23-48(72)66(87)74(46)70(89)97-33-39-14-16-52(43(25-39)49(76)12-10-18-90-4)98-67-61(82)58(79)51(78)35-95-67/h14-17,24-29,47-48,51,57-62,65-68,75,78-83,86-87H,1-2,7-13,18-23,30-35H2,3-6H3/t47-,48-,51+,57+,58-,59-,60-,61+,62+,65?,66?,67-,68+/m0/s1. The number of fused-ring (bicyclic) bond motifs is 4. The third-order valence-electron chi connectivity index (χ3n) is 18.3. The molecule has 0 spiro atoms. The second kappa shape index (κ2) is 33.0. The maximum absolute atomic E-state index is 14.5. The minimum atomic E-state index is -1.78. The summed E-state index contributed by atoms with van der Waals surface area (Å²) in [7, 11) is 4.35. The predicted octanol–water partition coefficient (Wildman–Crippen LogP) is 3.34. The van der Waals surface area contributed by atoms with E-state index < -0.39 is 135 Å². The summed E-state index contributed by atoms with van der Waals surface area (Å²) in [6.45, 7) is 8.84. The molecule has 6 aliphatic heterocycles. The first-order valence-electron chi connectivity index (χ1n) is 32.9. The van der Waals surface area contributed by atoms with E-state index in [0.717, 1.165) is 9.80 Å². The molecule has 6 aliphatic rings. The Morgan fingerprint density at radius 2 is 1.04 bits per heavy atom. The molecule has 13 atom stereocenters. The molecule has 10 rings (SSSR count). The van der Waals surface area contributed by atoms with Gasteiger partial charge in [0.25, 0.3) is 11.8 Å². The van der Waals surface area contributed by atoms with Crippen molar-refractivity contribution in [2.24, 2.45) is 0 Å². The first kappa shape index (κ1) is 74.4. The van der Waals surface area contributed by atoms with Crippen LogP contribution < -0.4 is 33.5 Å². The number of benzene rings is 4. The zero-order chi connectivity index (χ0) is 71.8. The van der Waals surface area contributed by atoms with E-state index in [1.165, 1.54) is 85.7 Å². The zero-order valence-electron chi connectivity index (χ0n) is 55.9. The van der Waals surface area contributed by atoms with Crippen LogP contribution in [0.4, 0.5) is 21.0 Å². The number of rotatable bonds is 28. The van der Waals surface area contributed by atoms with Gasteiger partial charge in [0.15, 0.2) is 35.5 Å². The van der Waals surface area contributed by atoms with Crippen LogP contribution in [0.1, 0.15) is 116 Å². The largest absolute Gasteiger partial charge is 0.493 e. The van der Waals surface area contributed by atoms with Crippen molar-refractivity contribution in [2.75, 3.05) is 83.9 Å². The predicted molar refractivity (Wildman–Crippen MR) is 350 cm³/mol. The Morgan fingerprint density at radius 1 is 0.550 bits per heavy atom. The number of aliphatic hydroxyl groups is 9. The van der Waals surface area contributed by atoms with Crippen molar-refractivity contribution in [3.8, 4) is 28.7 Å². The molecule has 0 saturated carbocycles. The van der Waals surface area contributed by atoms with Crippen LogP contribution in [-0.4, -0.2) is 245 Å². The molecular formula is C70H86N4O26. The summed E-state index contributed by atoms with van der Waals surface area (Å²) in [6.07, 6.45) is -17.1. The van der Waals surface area contributed by atoms with E-state index in [4.69, 9.17) is 52.1 Å². The molecule has 100 heavy (non-hydrogen) atoms. The summed E-state index contributed by atoms with van der Waals surface area (Å²) in [5, 5.41) is 96.3. The van der Waals surface area contributed by atoms with E-state index in [9.17, 15) is 74.7 Å². The molecule has 0 radical (unpaired) electrons. The fourth-order valence-electron chi connectivity index (χ4n) is 12.9. The number of carbonyl (C=O) groups excluding carboxylic acids is 6. The Kier molecular flexibility index (Phi) is 24.5. The summed E-state index contributed by atoms with van der Waals surface area (Å²) in [6, 6.07) is 12.7. The Labute approximate surface area is 575 Å². The number of unbranched alkanes of at least 4 members (excludes halogenated alkanes) is 2. The lowest BCUT2D eigenvalue weighted by Gasteiger charge is -2.39. The van der Waals surface area contributed by atoms with Gasteiger partial charge in [0, 0.05) is 65.5 Å². The van der Waals surface area contributed by atoms with Gasteiger partial charge >= 0.3 is 12.2 Å². The topological polar surface area (TPSA) is 399 Å². The van der Waals surface area contributed by atoms with E-state index in [-0.39, 0.29) is 134 Å². The Balaban J connectivity index is 0.810. The first-order chi connectivity index (χ1) is 48.0. The Hall–Kier alpha value is -8.34. The number of carbonyl (C=O) groups is 6. The van der Waals surface area contributed by atoms with E-state index >= 15 is 0 Å². The van der Waals surface area contributed by atoms with Crippen molar-refractivity contribution in [1.82, 2.24) is 9.80 Å². The van der Waals surface area contributed by atoms with Crippen LogP contribution in [0.3, 0.4) is 0 Å². The Morgan fingerprint density at radius 3 is 1.55 bits per heavy atom. The van der Waals surface area contributed by atoms with Crippen molar-refractivity contribution >= 4 is 46.9 Å². The molecule has 30 nitrogen and oxygen atoms in total. The zero-order valence-corrected chi connectivity index (χ0v) is 55.9. The number of anilines is 2. The van der Waals surface area contributed by atoms with Gasteiger partial charge in [-0.2, -0.15) is 0 Å². The lowest BCUT2D eigenvalue weighted by molar-refractivity contribution is -0.277. The summed E-state index contributed by atoms with van der Waals surface area (Å²) in [5.41, 5.74) is 2.49. The molecule has 4 amide bonds. The van der Waals surface area contributed by atoms with Gasteiger partial charge in [0.2, 0.25) is 12.6 Å². The summed E-state index contributed by atoms with van der Waals surface area (Å²) >= 11 is 0. The highest BCUT2D eigenvalue weighted by Gasteiger charge is 2.50. The molecule has 0 bridgehead atoms. The lowest BCUT2D eigenvalue weighted by atomic mass is 9.99. The molecule has 6 heterocycles. The fraction of sp³-hybridized carbons (Fsp3) is 0.514. The Bertz CT molecular complexity index is 3680. The molecule has 4 fully saturated rings. The highest BCUT2D eigenvalue weighted by molar-refractivity contribution is 6.07. The summed E-state index contributed by atoms with van der Waals surface area (Å²) < 4.78 is 63.0. The second-order valence-corrected chi connectivity index (χ2v) is 25.4. The van der Waals surface area contributed by atoms with Crippen LogP contribution in [0.25, 0.3) is 0 Å². The molecule has 4 aromatic rings. The van der Waals surface area contributed by atoms with Gasteiger partial charge in [0.1, 0.15) is 73.2 Å². The van der Waals surface area contributed by atoms with Crippen LogP contribution in [-0.2, 0) is 41.6 Å². The van der Waals surface area contributed by atoms with Crippen LogP contribution in [0, 0.1) is 6.92 Å². The third-order valence-corrected chi connectivity index (χ3v) is 18.3. The number of methoxy groups -OCH3 is 3. The molecule has 542 valence electrons. The summed E-state index contributed by atoms with van der Waals surface area (Å²) in [5.74, 6) is -1.35. The van der Waals surface area contributed by atoms with Gasteiger partial charge in [-0.05, 0) is 105 Å². The molecule has 0 aliphatic carbocycles. The average molecular weight is 1400 g/mol. The SMILES string of the molecule is C=C1C[C@H]2C(O)N(C(=O)OCc3ccc(O[C@@H]4O[C@H](CO)[C@H](O)[C@H](O)[C@H]4O)c(C(=O)CCCOC)c3)c3cc(OCCCCCOc4cc5c(cc4OC)C(=O)N4CC(=C)C[C@H]4C(O)N5C(=O)OCc4ccc(O[C@@H]5OC[C@@H](O)[C@H](O)[C@H]5O)c(C(=O)CCCOC)c4)c(C)cc3C(=O)N2C1. The number of hydrogen-bond donors (Lipinski definition) is 9. The number of aliphatic hydroxyl groups excluding tert-OH is 9. The monoisotopic (exact) mass is 1400 g/mol. The molecular weight excluding hydrogens is 1310 g/mol. The van der Waals surface area contributed by atoms with E-state index in [2.05, 4.69) is 13.2 Å². The van der Waals surface area contributed by atoms with Crippen LogP contribution in [0.2, 0.25) is 0 Å². The van der Waals surface area contributed by atoms with E-state index in [1.54, 1.807) is 13.0 Å². The van der Waals surface area contributed by atoms with Crippen molar-refractivity contribution in [2.45, 2.75) is 158 Å². The van der Waals surface area contributed by atoms with Gasteiger partial charge in [0.05, 0.1) is 79.2 Å². The van der Waals surface area contributed by atoms with Crippen molar-refractivity contribution in [3.63, 3.8) is 0 Å². The molecule has 4 saturated heterocycles. The molecule has 30 heteroatoms. The maximum Gasteiger partial charge on any atom is 0.416 e. The van der Waals surface area contributed by atoms with Crippen molar-refractivity contribution in [1.29, 1.82) is 0 Å². The van der Waals surface area contributed by atoms with E-state index in [0.29, 0.717) is 60.1 Å². The number of ether oxygens (including phenoxy) is 11. The van der Waals surface area contributed by atoms with Crippen LogP contribution >= 0.6 is 0 Å². The second-order valence-electron chi connectivity index (χ2n) is 25.4. The number of hydrogen-bond acceptors (Lipinski definition) is 26. The number of Topliss-reactive ketones (excluding diaryl/α,β-unsaturated/α-hetero) is 2. The van der Waals surface area contributed by atoms with Crippen molar-refractivity contribution < 1.29 is 127 Å². The molecule has 9 N–H and O–H groups in total.